The minimum Gasteiger partial charge on any atom is -0.310 e. The molecule has 1 aliphatic rings. The normalized spacial score (nSPS) is 15.2. The highest BCUT2D eigenvalue weighted by atomic mass is 15.3. The zero-order valence-corrected chi connectivity index (χ0v) is 8.87. The second-order valence-electron chi connectivity index (χ2n) is 4.05. The maximum absolute atomic E-state index is 4.21. The fourth-order valence-corrected chi connectivity index (χ4v) is 1.59. The largest absolute Gasteiger partial charge is 0.310 e. The average Bonchev–Trinajstić information content (AvgIpc) is 2.99. The Kier molecular flexibility index (Phi) is 2.38. The number of hydrogen-bond acceptors (Lipinski definition) is 4. The summed E-state index contributed by atoms with van der Waals surface area (Å²) in [5.74, 6) is 0. The number of hydrogen-bond donors (Lipinski definition) is 1. The molecule has 2 heterocycles. The van der Waals surface area contributed by atoms with Crippen LogP contribution >= 0.6 is 0 Å². The molecule has 1 aliphatic carbocycles. The SMILES string of the molecule is c1ncn(-c2cncc(CNC3CC3)c2)n1. The maximum atomic E-state index is 4.21. The van der Waals surface area contributed by atoms with Gasteiger partial charge in [-0.05, 0) is 24.5 Å². The highest BCUT2D eigenvalue weighted by Gasteiger charge is 2.19. The summed E-state index contributed by atoms with van der Waals surface area (Å²) in [5, 5.41) is 7.54. The van der Waals surface area contributed by atoms with Gasteiger partial charge in [-0.1, -0.05) is 0 Å². The predicted molar refractivity (Wildman–Crippen MR) is 59.0 cm³/mol. The Morgan fingerprint density at radius 3 is 3.00 bits per heavy atom. The van der Waals surface area contributed by atoms with Crippen LogP contribution in [0.4, 0.5) is 0 Å². The van der Waals surface area contributed by atoms with Gasteiger partial charge in [0.1, 0.15) is 12.7 Å². The highest BCUT2D eigenvalue weighted by Crippen LogP contribution is 2.19. The maximum Gasteiger partial charge on any atom is 0.138 e. The zero-order chi connectivity index (χ0) is 10.8. The van der Waals surface area contributed by atoms with Crippen molar-refractivity contribution in [2.45, 2.75) is 25.4 Å². The summed E-state index contributed by atoms with van der Waals surface area (Å²) in [6.07, 6.45) is 9.47. The second-order valence-corrected chi connectivity index (χ2v) is 4.05. The first-order chi connectivity index (χ1) is 7.92. The van der Waals surface area contributed by atoms with Crippen molar-refractivity contribution >= 4 is 0 Å². The van der Waals surface area contributed by atoms with E-state index in [-0.39, 0.29) is 0 Å². The van der Waals surface area contributed by atoms with E-state index in [0.717, 1.165) is 18.3 Å². The minimum absolute atomic E-state index is 0.718. The van der Waals surface area contributed by atoms with Crippen LogP contribution in [0.15, 0.2) is 31.1 Å². The average molecular weight is 215 g/mol. The van der Waals surface area contributed by atoms with Crippen molar-refractivity contribution in [3.05, 3.63) is 36.7 Å². The number of aromatic nitrogens is 4. The topological polar surface area (TPSA) is 55.6 Å². The fraction of sp³-hybridized carbons (Fsp3) is 0.364. The summed E-state index contributed by atoms with van der Waals surface area (Å²) < 4.78 is 1.72. The third-order valence-electron chi connectivity index (χ3n) is 2.64. The van der Waals surface area contributed by atoms with E-state index in [4.69, 9.17) is 0 Å². The van der Waals surface area contributed by atoms with Crippen molar-refractivity contribution in [3.8, 4) is 5.69 Å². The van der Waals surface area contributed by atoms with E-state index < -0.39 is 0 Å². The lowest BCUT2D eigenvalue weighted by Crippen LogP contribution is -2.15. The van der Waals surface area contributed by atoms with E-state index in [1.165, 1.54) is 24.7 Å². The van der Waals surface area contributed by atoms with Gasteiger partial charge in [-0.2, -0.15) is 5.10 Å². The number of pyridine rings is 1. The van der Waals surface area contributed by atoms with Gasteiger partial charge in [0, 0.05) is 18.8 Å². The first kappa shape index (κ1) is 9.47. The van der Waals surface area contributed by atoms with Crippen LogP contribution in [0.3, 0.4) is 0 Å². The van der Waals surface area contributed by atoms with Crippen LogP contribution in [0.1, 0.15) is 18.4 Å². The van der Waals surface area contributed by atoms with E-state index in [2.05, 4.69) is 26.4 Å². The number of rotatable bonds is 4. The van der Waals surface area contributed by atoms with E-state index in [1.807, 2.05) is 6.20 Å². The van der Waals surface area contributed by atoms with Gasteiger partial charge in [0.25, 0.3) is 0 Å². The minimum atomic E-state index is 0.718. The predicted octanol–water partition coefficient (Wildman–Crippen LogP) is 0.914. The highest BCUT2D eigenvalue weighted by molar-refractivity contribution is 5.30. The van der Waals surface area contributed by atoms with Gasteiger partial charge in [0.15, 0.2) is 0 Å². The molecular formula is C11H13N5. The first-order valence-corrected chi connectivity index (χ1v) is 5.44. The van der Waals surface area contributed by atoms with Crippen molar-refractivity contribution in [1.82, 2.24) is 25.1 Å². The van der Waals surface area contributed by atoms with Crippen LogP contribution in [0.2, 0.25) is 0 Å². The molecule has 2 aromatic rings. The molecule has 82 valence electrons. The lowest BCUT2D eigenvalue weighted by atomic mass is 10.2. The van der Waals surface area contributed by atoms with Crippen LogP contribution in [0.5, 0.6) is 0 Å². The Morgan fingerprint density at radius 2 is 2.25 bits per heavy atom. The summed E-state index contributed by atoms with van der Waals surface area (Å²) in [5.41, 5.74) is 2.13. The molecule has 1 fully saturated rings. The molecule has 1 N–H and O–H groups in total. The van der Waals surface area contributed by atoms with Crippen molar-refractivity contribution in [1.29, 1.82) is 0 Å². The monoisotopic (exact) mass is 215 g/mol. The lowest BCUT2D eigenvalue weighted by molar-refractivity contribution is 0.684. The molecule has 5 nitrogen and oxygen atoms in total. The number of nitrogens with zero attached hydrogens (tertiary/aromatic N) is 4. The van der Waals surface area contributed by atoms with Crippen LogP contribution in [0.25, 0.3) is 5.69 Å². The van der Waals surface area contributed by atoms with Crippen molar-refractivity contribution < 1.29 is 0 Å². The van der Waals surface area contributed by atoms with Crippen LogP contribution in [-0.2, 0) is 6.54 Å². The molecule has 0 aliphatic heterocycles. The second kappa shape index (κ2) is 4.02. The molecule has 3 rings (SSSR count). The van der Waals surface area contributed by atoms with Gasteiger partial charge in [0.2, 0.25) is 0 Å². The summed E-state index contributed by atoms with van der Waals surface area (Å²) in [6, 6.07) is 2.80. The molecule has 5 heteroatoms. The zero-order valence-electron chi connectivity index (χ0n) is 8.87. The molecule has 1 saturated carbocycles. The molecule has 0 radical (unpaired) electrons. The van der Waals surface area contributed by atoms with Crippen molar-refractivity contribution in [3.63, 3.8) is 0 Å². The van der Waals surface area contributed by atoms with Gasteiger partial charge < -0.3 is 5.32 Å². The van der Waals surface area contributed by atoms with E-state index in [1.54, 1.807) is 17.2 Å². The summed E-state index contributed by atoms with van der Waals surface area (Å²) in [6.45, 7) is 0.875. The Balaban J connectivity index is 1.76. The third kappa shape index (κ3) is 2.09. The Hall–Kier alpha value is -1.75. The lowest BCUT2D eigenvalue weighted by Gasteiger charge is -2.05. The van der Waals surface area contributed by atoms with E-state index >= 15 is 0 Å². The van der Waals surface area contributed by atoms with Gasteiger partial charge in [-0.3, -0.25) is 4.98 Å². The van der Waals surface area contributed by atoms with Crippen LogP contribution in [-0.4, -0.2) is 25.8 Å². The van der Waals surface area contributed by atoms with Crippen molar-refractivity contribution in [2.24, 2.45) is 0 Å². The molecule has 0 aromatic carbocycles. The summed E-state index contributed by atoms with van der Waals surface area (Å²) in [4.78, 5) is 8.13. The Bertz CT molecular complexity index is 461. The first-order valence-electron chi connectivity index (χ1n) is 5.44. The van der Waals surface area contributed by atoms with Gasteiger partial charge in [-0.15, -0.1) is 0 Å². The van der Waals surface area contributed by atoms with E-state index in [9.17, 15) is 0 Å². The summed E-state index contributed by atoms with van der Waals surface area (Å²) in [7, 11) is 0. The molecule has 0 saturated heterocycles. The van der Waals surface area contributed by atoms with Crippen LogP contribution in [0, 0.1) is 0 Å². The molecule has 0 bridgehead atoms. The molecule has 16 heavy (non-hydrogen) atoms. The van der Waals surface area contributed by atoms with Gasteiger partial charge in [-0.25, -0.2) is 9.67 Å². The van der Waals surface area contributed by atoms with E-state index in [0.29, 0.717) is 0 Å². The molecule has 2 aromatic heterocycles. The quantitative estimate of drug-likeness (QED) is 0.823. The molecule has 0 amide bonds. The molecular weight excluding hydrogens is 202 g/mol. The third-order valence-corrected chi connectivity index (χ3v) is 2.64. The summed E-state index contributed by atoms with van der Waals surface area (Å²) >= 11 is 0. The Labute approximate surface area is 93.5 Å². The fourth-order valence-electron chi connectivity index (χ4n) is 1.59. The smallest absolute Gasteiger partial charge is 0.138 e. The van der Waals surface area contributed by atoms with Crippen LogP contribution < -0.4 is 5.32 Å². The Morgan fingerprint density at radius 1 is 1.31 bits per heavy atom. The van der Waals surface area contributed by atoms with Gasteiger partial charge in [0.05, 0.1) is 11.9 Å². The number of nitrogens with one attached hydrogen (secondary N) is 1. The molecule has 0 atom stereocenters. The molecule has 0 spiro atoms. The van der Waals surface area contributed by atoms with Crippen molar-refractivity contribution in [2.75, 3.05) is 0 Å². The standard InChI is InChI=1S/C11H13N5/c1-2-10(1)14-5-9-3-11(6-12-4-9)16-8-13-7-15-16/h3-4,6-8,10,14H,1-2,5H2. The molecule has 0 unspecified atom stereocenters. The van der Waals surface area contributed by atoms with Gasteiger partial charge >= 0.3 is 0 Å².